The van der Waals surface area contributed by atoms with E-state index in [4.69, 9.17) is 9.47 Å². The molecule has 0 aromatic heterocycles. The second-order valence-electron chi connectivity index (χ2n) is 4.96. The Morgan fingerprint density at radius 2 is 1.83 bits per heavy atom. The molecule has 1 N–H and O–H groups in total. The van der Waals surface area contributed by atoms with Gasteiger partial charge in [0.15, 0.2) is 5.78 Å². The van der Waals surface area contributed by atoms with E-state index < -0.39 is 0 Å². The van der Waals surface area contributed by atoms with Gasteiger partial charge in [-0.1, -0.05) is 31.2 Å². The topological polar surface area (TPSA) is 47.6 Å². The van der Waals surface area contributed by atoms with E-state index in [1.807, 2.05) is 36.4 Å². The smallest absolute Gasteiger partial charge is 0.187 e. The van der Waals surface area contributed by atoms with Gasteiger partial charge in [0.1, 0.15) is 11.5 Å². The molecule has 0 aliphatic heterocycles. The molecule has 2 rings (SSSR count). The minimum absolute atomic E-state index is 0.0537. The molecule has 0 unspecified atom stereocenters. The van der Waals surface area contributed by atoms with Gasteiger partial charge in [0.2, 0.25) is 0 Å². The van der Waals surface area contributed by atoms with Crippen LogP contribution in [0.15, 0.2) is 54.7 Å². The summed E-state index contributed by atoms with van der Waals surface area (Å²) in [4.78, 5) is 12.1. The highest BCUT2D eigenvalue weighted by molar-refractivity contribution is 6.04. The molecule has 0 saturated heterocycles. The van der Waals surface area contributed by atoms with Gasteiger partial charge < -0.3 is 14.8 Å². The molecule has 0 atom stereocenters. The summed E-state index contributed by atoms with van der Waals surface area (Å²) < 4.78 is 10.5. The zero-order valence-electron chi connectivity index (χ0n) is 13.6. The van der Waals surface area contributed by atoms with Gasteiger partial charge in [0, 0.05) is 23.9 Å². The fourth-order valence-electron chi connectivity index (χ4n) is 2.13. The summed E-state index contributed by atoms with van der Waals surface area (Å²) in [5.74, 6) is 1.33. The van der Waals surface area contributed by atoms with Crippen molar-refractivity contribution in [3.05, 3.63) is 65.9 Å². The zero-order chi connectivity index (χ0) is 16.7. The van der Waals surface area contributed by atoms with Crippen molar-refractivity contribution in [3.8, 4) is 11.5 Å². The Kier molecular flexibility index (Phi) is 5.80. The van der Waals surface area contributed by atoms with Gasteiger partial charge in [-0.3, -0.25) is 4.79 Å². The lowest BCUT2D eigenvalue weighted by Gasteiger charge is -2.09. The van der Waals surface area contributed by atoms with Gasteiger partial charge in [-0.25, -0.2) is 0 Å². The van der Waals surface area contributed by atoms with Gasteiger partial charge in [0.25, 0.3) is 0 Å². The van der Waals surface area contributed by atoms with E-state index in [1.54, 1.807) is 26.5 Å². The van der Waals surface area contributed by atoms with E-state index in [-0.39, 0.29) is 5.78 Å². The molecule has 0 radical (unpaired) electrons. The summed E-state index contributed by atoms with van der Waals surface area (Å²) in [5, 5.41) is 3.06. The summed E-state index contributed by atoms with van der Waals surface area (Å²) in [6, 6.07) is 13.1. The van der Waals surface area contributed by atoms with Crippen LogP contribution in [0.5, 0.6) is 11.5 Å². The summed E-state index contributed by atoms with van der Waals surface area (Å²) in [6.45, 7) is 2.09. The first-order valence-corrected chi connectivity index (χ1v) is 7.46. The number of carbonyl (C=O) groups excluding carboxylic acids is 1. The molecule has 0 aliphatic rings. The molecule has 0 aliphatic carbocycles. The number of carbonyl (C=O) groups is 1. The average Bonchev–Trinajstić information content (AvgIpc) is 2.61. The standard InChI is InChI=1S/C19H21NO3/c1-4-14-5-7-15(8-6-14)18(21)11-12-20-17-13-16(22-2)9-10-19(17)23-3/h5-13,20H,4H2,1-3H3. The van der Waals surface area contributed by atoms with Crippen LogP contribution in [0.2, 0.25) is 0 Å². The molecule has 23 heavy (non-hydrogen) atoms. The van der Waals surface area contributed by atoms with Crippen LogP contribution in [0.4, 0.5) is 5.69 Å². The lowest BCUT2D eigenvalue weighted by Crippen LogP contribution is -1.98. The van der Waals surface area contributed by atoms with Crippen molar-refractivity contribution >= 4 is 11.5 Å². The molecule has 4 heteroatoms. The molecule has 0 spiro atoms. The van der Waals surface area contributed by atoms with E-state index >= 15 is 0 Å². The number of benzene rings is 2. The van der Waals surface area contributed by atoms with Crippen molar-refractivity contribution in [1.82, 2.24) is 0 Å². The van der Waals surface area contributed by atoms with E-state index in [0.29, 0.717) is 17.1 Å². The predicted molar refractivity (Wildman–Crippen MR) is 92.5 cm³/mol. The number of allylic oxidation sites excluding steroid dienone is 1. The Morgan fingerprint density at radius 3 is 2.43 bits per heavy atom. The predicted octanol–water partition coefficient (Wildman–Crippen LogP) is 4.07. The van der Waals surface area contributed by atoms with Crippen LogP contribution in [0.25, 0.3) is 0 Å². The first kappa shape index (κ1) is 16.6. The minimum Gasteiger partial charge on any atom is -0.497 e. The van der Waals surface area contributed by atoms with Crippen LogP contribution in [0.3, 0.4) is 0 Å². The van der Waals surface area contributed by atoms with Gasteiger partial charge >= 0.3 is 0 Å². The lowest BCUT2D eigenvalue weighted by molar-refractivity contribution is 0.104. The van der Waals surface area contributed by atoms with E-state index in [0.717, 1.165) is 12.1 Å². The molecule has 0 bridgehead atoms. The summed E-state index contributed by atoms with van der Waals surface area (Å²) >= 11 is 0. The Bertz CT molecular complexity index is 690. The third-order valence-electron chi connectivity index (χ3n) is 3.53. The van der Waals surface area contributed by atoms with Crippen molar-refractivity contribution in [3.63, 3.8) is 0 Å². The molecule has 0 saturated carbocycles. The molecular weight excluding hydrogens is 290 g/mol. The van der Waals surface area contributed by atoms with Crippen LogP contribution in [0, 0.1) is 0 Å². The highest BCUT2D eigenvalue weighted by Crippen LogP contribution is 2.28. The first-order chi connectivity index (χ1) is 11.2. The van der Waals surface area contributed by atoms with Gasteiger partial charge in [-0.05, 0) is 24.1 Å². The third-order valence-corrected chi connectivity index (χ3v) is 3.53. The van der Waals surface area contributed by atoms with Crippen LogP contribution in [-0.2, 0) is 6.42 Å². The number of methoxy groups -OCH3 is 2. The van der Waals surface area contributed by atoms with Crippen molar-refractivity contribution in [2.45, 2.75) is 13.3 Å². The van der Waals surface area contributed by atoms with Crippen molar-refractivity contribution in [2.75, 3.05) is 19.5 Å². The quantitative estimate of drug-likeness (QED) is 0.618. The largest absolute Gasteiger partial charge is 0.497 e. The van der Waals surface area contributed by atoms with E-state index in [1.165, 1.54) is 11.6 Å². The first-order valence-electron chi connectivity index (χ1n) is 7.46. The maximum absolute atomic E-state index is 12.1. The van der Waals surface area contributed by atoms with Gasteiger partial charge in [-0.15, -0.1) is 0 Å². The summed E-state index contributed by atoms with van der Waals surface area (Å²) in [7, 11) is 3.20. The molecule has 2 aromatic rings. The van der Waals surface area contributed by atoms with Crippen molar-refractivity contribution < 1.29 is 14.3 Å². The Hall–Kier alpha value is -2.75. The van der Waals surface area contributed by atoms with Crippen LogP contribution >= 0.6 is 0 Å². The second kappa shape index (κ2) is 8.03. The average molecular weight is 311 g/mol. The van der Waals surface area contributed by atoms with Crippen LogP contribution in [0.1, 0.15) is 22.8 Å². The number of rotatable bonds is 7. The summed E-state index contributed by atoms with van der Waals surface area (Å²) in [6.07, 6.45) is 4.06. The number of hydrogen-bond acceptors (Lipinski definition) is 4. The van der Waals surface area contributed by atoms with Crippen molar-refractivity contribution in [1.29, 1.82) is 0 Å². The summed E-state index contributed by atoms with van der Waals surface area (Å²) in [5.41, 5.74) is 2.61. The van der Waals surface area contributed by atoms with Crippen molar-refractivity contribution in [2.24, 2.45) is 0 Å². The van der Waals surface area contributed by atoms with Gasteiger partial charge in [0.05, 0.1) is 19.9 Å². The lowest BCUT2D eigenvalue weighted by atomic mass is 10.1. The second-order valence-corrected chi connectivity index (χ2v) is 4.96. The fraction of sp³-hybridized carbons (Fsp3) is 0.211. The Labute approximate surface area is 136 Å². The molecule has 120 valence electrons. The molecule has 4 nitrogen and oxygen atoms in total. The highest BCUT2D eigenvalue weighted by atomic mass is 16.5. The number of aryl methyl sites for hydroxylation is 1. The normalized spacial score (nSPS) is 10.6. The molecular formula is C19H21NO3. The molecule has 0 amide bonds. The number of hydrogen-bond donors (Lipinski definition) is 1. The monoisotopic (exact) mass is 311 g/mol. The maximum atomic E-state index is 12.1. The number of ether oxygens (including phenoxy) is 2. The van der Waals surface area contributed by atoms with E-state index in [9.17, 15) is 4.79 Å². The SMILES string of the molecule is CCc1ccc(C(=O)C=CNc2cc(OC)ccc2OC)cc1. The number of nitrogens with one attached hydrogen (secondary N) is 1. The van der Waals surface area contributed by atoms with Gasteiger partial charge in [-0.2, -0.15) is 0 Å². The Morgan fingerprint density at radius 1 is 1.09 bits per heavy atom. The molecule has 2 aromatic carbocycles. The Balaban J connectivity index is 2.07. The number of anilines is 1. The minimum atomic E-state index is -0.0537. The fourth-order valence-corrected chi connectivity index (χ4v) is 2.13. The number of ketones is 1. The highest BCUT2D eigenvalue weighted by Gasteiger charge is 2.04. The van der Waals surface area contributed by atoms with E-state index in [2.05, 4.69) is 12.2 Å². The van der Waals surface area contributed by atoms with Crippen LogP contribution < -0.4 is 14.8 Å². The zero-order valence-corrected chi connectivity index (χ0v) is 13.6. The van der Waals surface area contributed by atoms with Crippen LogP contribution in [-0.4, -0.2) is 20.0 Å². The maximum Gasteiger partial charge on any atom is 0.187 e. The molecule has 0 heterocycles. The molecule has 0 fully saturated rings. The third kappa shape index (κ3) is 4.36.